The maximum absolute atomic E-state index is 12.2. The highest BCUT2D eigenvalue weighted by Crippen LogP contribution is 2.31. The first kappa shape index (κ1) is 18.7. The van der Waals surface area contributed by atoms with Gasteiger partial charge in [0.1, 0.15) is 23.7 Å². The highest BCUT2D eigenvalue weighted by molar-refractivity contribution is 5.91. The molecule has 1 aliphatic rings. The van der Waals surface area contributed by atoms with Gasteiger partial charge in [0.2, 0.25) is 0 Å². The van der Waals surface area contributed by atoms with Crippen LogP contribution in [-0.4, -0.2) is 47.6 Å². The maximum atomic E-state index is 12.2. The summed E-state index contributed by atoms with van der Waals surface area (Å²) in [5.41, 5.74) is 0.823. The predicted octanol–water partition coefficient (Wildman–Crippen LogP) is 2.62. The number of amides is 2. The Bertz CT molecular complexity index is 787. The summed E-state index contributed by atoms with van der Waals surface area (Å²) in [6.07, 6.45) is 1.92. The van der Waals surface area contributed by atoms with Crippen LogP contribution in [0.1, 0.15) is 29.4 Å². The third kappa shape index (κ3) is 4.36. The maximum Gasteiger partial charge on any atom is 0.410 e. The van der Waals surface area contributed by atoms with Crippen molar-refractivity contribution in [2.45, 2.75) is 25.6 Å². The minimum atomic E-state index is -0.456. The number of rotatable bonds is 6. The minimum absolute atomic E-state index is 0.247. The van der Waals surface area contributed by atoms with Crippen molar-refractivity contribution in [3.63, 3.8) is 0 Å². The second kappa shape index (κ2) is 8.07. The third-order valence-electron chi connectivity index (χ3n) is 4.60. The minimum Gasteiger partial charge on any atom is -0.482 e. The number of pyridine rings is 1. The van der Waals surface area contributed by atoms with Crippen molar-refractivity contribution in [1.82, 2.24) is 15.2 Å². The molecule has 1 aliphatic heterocycles. The van der Waals surface area contributed by atoms with E-state index in [2.05, 4.69) is 10.3 Å². The van der Waals surface area contributed by atoms with Crippen LogP contribution in [0, 0.1) is 0 Å². The number of aromatic nitrogens is 1. The monoisotopic (exact) mass is 369 g/mol. The summed E-state index contributed by atoms with van der Waals surface area (Å²) in [5, 5.41) is 2.52. The van der Waals surface area contributed by atoms with E-state index in [1.807, 2.05) is 37.3 Å². The highest BCUT2D eigenvalue weighted by Gasteiger charge is 2.47. The smallest absolute Gasteiger partial charge is 0.410 e. The van der Waals surface area contributed by atoms with Crippen LogP contribution in [0.5, 0.6) is 5.75 Å². The summed E-state index contributed by atoms with van der Waals surface area (Å²) in [7, 11) is 1.56. The Hall–Kier alpha value is -3.09. The van der Waals surface area contributed by atoms with E-state index in [9.17, 15) is 9.59 Å². The van der Waals surface area contributed by atoms with Crippen LogP contribution >= 0.6 is 0 Å². The topological polar surface area (TPSA) is 80.8 Å². The average Bonchev–Trinajstić information content (AvgIpc) is 2.69. The molecule has 2 heterocycles. The number of ether oxygens (including phenoxy) is 2. The number of hydrogen-bond donors (Lipinski definition) is 1. The van der Waals surface area contributed by atoms with E-state index in [1.54, 1.807) is 24.1 Å². The molecule has 1 saturated heterocycles. The molecule has 2 aromatic rings. The van der Waals surface area contributed by atoms with Crippen LogP contribution in [-0.2, 0) is 11.3 Å². The van der Waals surface area contributed by atoms with E-state index in [0.717, 1.165) is 12.0 Å². The zero-order valence-electron chi connectivity index (χ0n) is 15.5. The molecule has 0 saturated carbocycles. The van der Waals surface area contributed by atoms with Crippen LogP contribution in [0.2, 0.25) is 0 Å². The molecular weight excluding hydrogens is 346 g/mol. The second-order valence-corrected chi connectivity index (χ2v) is 6.49. The first-order valence-corrected chi connectivity index (χ1v) is 8.88. The number of nitrogens with one attached hydrogen (secondary N) is 1. The first-order valence-electron chi connectivity index (χ1n) is 8.88. The number of carbonyl (C=O) groups excluding carboxylic acids is 2. The standard InChI is InChI=1S/C20H23N3O4/c1-3-20(27-16-9-10-17(22-11-16)18(24)21-2)13-23(14-20)19(25)26-12-15-7-5-4-6-8-15/h4-11H,3,12-14H2,1-2H3,(H,21,24). The number of hydrogen-bond acceptors (Lipinski definition) is 5. The Balaban J connectivity index is 1.52. The van der Waals surface area contributed by atoms with E-state index in [1.165, 1.54) is 6.20 Å². The normalized spacial score (nSPS) is 14.8. The Morgan fingerprint density at radius 1 is 1.19 bits per heavy atom. The van der Waals surface area contributed by atoms with E-state index >= 15 is 0 Å². The molecule has 3 rings (SSSR count). The SMILES string of the molecule is CCC1(Oc2ccc(C(=O)NC)nc2)CN(C(=O)OCc2ccccc2)C1. The largest absolute Gasteiger partial charge is 0.482 e. The number of benzene rings is 1. The number of carbonyl (C=O) groups is 2. The number of likely N-dealkylation sites (tertiary alicyclic amines) is 1. The van der Waals surface area contributed by atoms with Gasteiger partial charge in [-0.05, 0) is 24.1 Å². The summed E-state index contributed by atoms with van der Waals surface area (Å²) >= 11 is 0. The molecule has 2 amide bonds. The van der Waals surface area contributed by atoms with Crippen LogP contribution in [0.3, 0.4) is 0 Å². The molecular formula is C20H23N3O4. The summed E-state index contributed by atoms with van der Waals surface area (Å²) in [6.45, 7) is 3.17. The quantitative estimate of drug-likeness (QED) is 0.847. The van der Waals surface area contributed by atoms with Gasteiger partial charge in [0.15, 0.2) is 0 Å². The van der Waals surface area contributed by atoms with Gasteiger partial charge in [-0.25, -0.2) is 9.78 Å². The molecule has 0 spiro atoms. The molecule has 0 aliphatic carbocycles. The molecule has 7 nitrogen and oxygen atoms in total. The van der Waals surface area contributed by atoms with E-state index in [-0.39, 0.29) is 18.6 Å². The van der Waals surface area contributed by atoms with E-state index in [4.69, 9.17) is 9.47 Å². The van der Waals surface area contributed by atoms with E-state index in [0.29, 0.717) is 24.5 Å². The fourth-order valence-corrected chi connectivity index (χ4v) is 2.90. The molecule has 0 atom stereocenters. The molecule has 0 unspecified atom stereocenters. The molecule has 0 bridgehead atoms. The fraction of sp³-hybridized carbons (Fsp3) is 0.350. The van der Waals surface area contributed by atoms with Crippen LogP contribution in [0.4, 0.5) is 4.79 Å². The van der Waals surface area contributed by atoms with Crippen molar-refractivity contribution in [2.75, 3.05) is 20.1 Å². The Kier molecular flexibility index (Phi) is 5.59. The molecule has 1 aromatic carbocycles. The molecule has 27 heavy (non-hydrogen) atoms. The van der Waals surface area contributed by atoms with Gasteiger partial charge >= 0.3 is 6.09 Å². The third-order valence-corrected chi connectivity index (χ3v) is 4.60. The lowest BCUT2D eigenvalue weighted by Gasteiger charge is -2.48. The van der Waals surface area contributed by atoms with Gasteiger partial charge in [-0.15, -0.1) is 0 Å². The summed E-state index contributed by atoms with van der Waals surface area (Å²) < 4.78 is 11.4. The lowest BCUT2D eigenvalue weighted by molar-refractivity contribution is -0.0727. The molecule has 0 radical (unpaired) electrons. The lowest BCUT2D eigenvalue weighted by atomic mass is 9.91. The van der Waals surface area contributed by atoms with Gasteiger partial charge in [0, 0.05) is 7.05 Å². The van der Waals surface area contributed by atoms with Gasteiger partial charge < -0.3 is 19.7 Å². The van der Waals surface area contributed by atoms with Gasteiger partial charge in [0.05, 0.1) is 19.3 Å². The van der Waals surface area contributed by atoms with Crippen LogP contribution < -0.4 is 10.1 Å². The Morgan fingerprint density at radius 3 is 2.52 bits per heavy atom. The molecule has 1 N–H and O–H groups in total. The summed E-state index contributed by atoms with van der Waals surface area (Å²) in [4.78, 5) is 29.5. The first-order chi connectivity index (χ1) is 13.0. The molecule has 1 fully saturated rings. The van der Waals surface area contributed by atoms with Gasteiger partial charge in [-0.2, -0.15) is 0 Å². The van der Waals surface area contributed by atoms with Gasteiger partial charge in [0.25, 0.3) is 5.91 Å². The fourth-order valence-electron chi connectivity index (χ4n) is 2.90. The average molecular weight is 369 g/mol. The van der Waals surface area contributed by atoms with Crippen LogP contribution in [0.25, 0.3) is 0 Å². The zero-order chi connectivity index (χ0) is 19.3. The molecule has 142 valence electrons. The summed E-state index contributed by atoms with van der Waals surface area (Å²) in [6, 6.07) is 12.9. The Labute approximate surface area is 158 Å². The predicted molar refractivity (Wildman–Crippen MR) is 99.5 cm³/mol. The Morgan fingerprint density at radius 2 is 1.93 bits per heavy atom. The van der Waals surface area contributed by atoms with Gasteiger partial charge in [-0.3, -0.25) is 4.79 Å². The van der Waals surface area contributed by atoms with Crippen LogP contribution in [0.15, 0.2) is 48.7 Å². The molecule has 7 heteroatoms. The zero-order valence-corrected chi connectivity index (χ0v) is 15.5. The second-order valence-electron chi connectivity index (χ2n) is 6.49. The summed E-state index contributed by atoms with van der Waals surface area (Å²) in [5.74, 6) is 0.324. The van der Waals surface area contributed by atoms with Crippen molar-refractivity contribution in [3.05, 3.63) is 59.9 Å². The van der Waals surface area contributed by atoms with Crippen molar-refractivity contribution < 1.29 is 19.1 Å². The highest BCUT2D eigenvalue weighted by atomic mass is 16.6. The van der Waals surface area contributed by atoms with Crippen molar-refractivity contribution in [2.24, 2.45) is 0 Å². The van der Waals surface area contributed by atoms with Crippen molar-refractivity contribution >= 4 is 12.0 Å². The van der Waals surface area contributed by atoms with Gasteiger partial charge in [-0.1, -0.05) is 37.3 Å². The van der Waals surface area contributed by atoms with Crippen molar-refractivity contribution in [1.29, 1.82) is 0 Å². The lowest BCUT2D eigenvalue weighted by Crippen LogP contribution is -2.66. The number of nitrogens with zero attached hydrogens (tertiary/aromatic N) is 2. The van der Waals surface area contributed by atoms with E-state index < -0.39 is 5.60 Å². The van der Waals surface area contributed by atoms with Crippen molar-refractivity contribution in [3.8, 4) is 5.75 Å². The molecule has 1 aromatic heterocycles.